The number of benzene rings is 2. The van der Waals surface area contributed by atoms with Gasteiger partial charge >= 0.3 is 5.97 Å². The normalized spacial score (nSPS) is 21.0. The Morgan fingerprint density at radius 3 is 2.11 bits per heavy atom. The summed E-state index contributed by atoms with van der Waals surface area (Å²) < 4.78 is 5.97. The average Bonchev–Trinajstić information content (AvgIpc) is 2.92. The minimum atomic E-state index is -0.733. The topological polar surface area (TPSA) is 105 Å². The third-order valence-electron chi connectivity index (χ3n) is 7.68. The minimum Gasteiger partial charge on any atom is -0.490 e. The highest BCUT2D eigenvalue weighted by Gasteiger charge is 2.40. The van der Waals surface area contributed by atoms with Gasteiger partial charge < -0.3 is 20.5 Å². The van der Waals surface area contributed by atoms with E-state index in [1.165, 1.54) is 0 Å². The molecule has 2 aromatic carbocycles. The predicted molar refractivity (Wildman–Crippen MR) is 142 cm³/mol. The van der Waals surface area contributed by atoms with Crippen molar-refractivity contribution in [1.29, 1.82) is 0 Å². The molecule has 2 aliphatic carbocycles. The van der Waals surface area contributed by atoms with Crippen LogP contribution >= 0.6 is 11.6 Å². The SMILES string of the molecule is O=C(NCCNC(=O)C1(c2ccc(Cl)cc2)CCCCC1)c1ccc(OC2CCC(C(=O)O)CC2)cc1. The number of halogens is 1. The second-order valence-corrected chi connectivity index (χ2v) is 10.6. The standard InChI is InChI=1S/C29H35ClN2O5/c30-23-10-8-22(9-11-23)29(16-2-1-3-17-29)28(36)32-19-18-31-26(33)20-4-12-24(13-5-20)37-25-14-6-21(7-15-25)27(34)35/h4-5,8-13,21,25H,1-3,6-7,14-19H2,(H,31,33)(H,32,36)(H,34,35). The third kappa shape index (κ3) is 6.83. The summed E-state index contributed by atoms with van der Waals surface area (Å²) in [6.07, 6.45) is 7.44. The van der Waals surface area contributed by atoms with Crippen molar-refractivity contribution in [1.82, 2.24) is 10.6 Å². The zero-order chi connectivity index (χ0) is 26.3. The number of amides is 2. The van der Waals surface area contributed by atoms with E-state index in [-0.39, 0.29) is 23.8 Å². The highest BCUT2D eigenvalue weighted by molar-refractivity contribution is 6.30. The molecule has 0 spiro atoms. The van der Waals surface area contributed by atoms with Crippen molar-refractivity contribution in [2.24, 2.45) is 5.92 Å². The van der Waals surface area contributed by atoms with E-state index in [0.717, 1.165) is 37.7 Å². The summed E-state index contributed by atoms with van der Waals surface area (Å²) in [5.74, 6) is -0.553. The molecule has 2 aromatic rings. The molecule has 2 amide bonds. The molecule has 3 N–H and O–H groups in total. The number of carbonyl (C=O) groups is 3. The van der Waals surface area contributed by atoms with Crippen molar-refractivity contribution in [3.8, 4) is 5.75 Å². The lowest BCUT2D eigenvalue weighted by molar-refractivity contribution is -0.143. The van der Waals surface area contributed by atoms with Crippen LogP contribution in [0.1, 0.15) is 73.7 Å². The first kappa shape index (κ1) is 27.0. The summed E-state index contributed by atoms with van der Waals surface area (Å²) in [4.78, 5) is 36.9. The van der Waals surface area contributed by atoms with Crippen LogP contribution in [0.15, 0.2) is 48.5 Å². The lowest BCUT2D eigenvalue weighted by Gasteiger charge is -2.36. The number of ether oxygens (including phenoxy) is 1. The number of nitrogens with one attached hydrogen (secondary N) is 2. The minimum absolute atomic E-state index is 0.000724. The number of rotatable bonds is 9. The van der Waals surface area contributed by atoms with Gasteiger partial charge in [-0.2, -0.15) is 0 Å². The van der Waals surface area contributed by atoms with E-state index in [1.54, 1.807) is 24.3 Å². The van der Waals surface area contributed by atoms with Crippen LogP contribution in [-0.2, 0) is 15.0 Å². The Bertz CT molecular complexity index is 1070. The zero-order valence-electron chi connectivity index (χ0n) is 21.0. The van der Waals surface area contributed by atoms with Crippen molar-refractivity contribution >= 4 is 29.4 Å². The van der Waals surface area contributed by atoms with Gasteiger partial charge in [0.2, 0.25) is 5.91 Å². The molecular formula is C29H35ClN2O5. The Hall–Kier alpha value is -3.06. The van der Waals surface area contributed by atoms with Gasteiger partial charge in [-0.1, -0.05) is 43.0 Å². The second-order valence-electron chi connectivity index (χ2n) is 10.1. The Balaban J connectivity index is 1.23. The monoisotopic (exact) mass is 526 g/mol. The summed E-state index contributed by atoms with van der Waals surface area (Å²) in [5.41, 5.74) is 0.962. The molecule has 2 fully saturated rings. The van der Waals surface area contributed by atoms with Crippen LogP contribution in [0.3, 0.4) is 0 Å². The molecule has 0 bridgehead atoms. The van der Waals surface area contributed by atoms with E-state index in [4.69, 9.17) is 21.4 Å². The van der Waals surface area contributed by atoms with E-state index in [9.17, 15) is 14.4 Å². The van der Waals surface area contributed by atoms with Crippen molar-refractivity contribution in [2.45, 2.75) is 69.3 Å². The fourth-order valence-corrected chi connectivity index (χ4v) is 5.63. The van der Waals surface area contributed by atoms with Gasteiger partial charge in [-0.25, -0.2) is 0 Å². The smallest absolute Gasteiger partial charge is 0.306 e. The molecule has 2 aliphatic rings. The fraction of sp³-hybridized carbons (Fsp3) is 0.483. The Labute approximate surface area is 222 Å². The second kappa shape index (κ2) is 12.5. The average molecular weight is 527 g/mol. The maximum Gasteiger partial charge on any atom is 0.306 e. The highest BCUT2D eigenvalue weighted by atomic mass is 35.5. The van der Waals surface area contributed by atoms with Crippen LogP contribution in [0, 0.1) is 5.92 Å². The van der Waals surface area contributed by atoms with Gasteiger partial charge in [-0.3, -0.25) is 14.4 Å². The predicted octanol–water partition coefficient (Wildman–Crippen LogP) is 5.11. The molecule has 0 saturated heterocycles. The van der Waals surface area contributed by atoms with Gasteiger partial charge in [0.15, 0.2) is 0 Å². The summed E-state index contributed by atoms with van der Waals surface area (Å²) in [6, 6.07) is 14.5. The fourth-order valence-electron chi connectivity index (χ4n) is 5.50. The largest absolute Gasteiger partial charge is 0.490 e. The van der Waals surface area contributed by atoms with E-state index in [1.807, 2.05) is 24.3 Å². The molecule has 0 unspecified atom stereocenters. The van der Waals surface area contributed by atoms with Crippen LogP contribution in [0.4, 0.5) is 0 Å². The molecule has 8 heteroatoms. The third-order valence-corrected chi connectivity index (χ3v) is 7.93. The number of carboxylic acid groups (broad SMARTS) is 1. The molecule has 0 aliphatic heterocycles. The lowest BCUT2D eigenvalue weighted by Crippen LogP contribution is -2.47. The van der Waals surface area contributed by atoms with Crippen LogP contribution in [0.25, 0.3) is 0 Å². The maximum atomic E-state index is 13.3. The molecule has 2 saturated carbocycles. The summed E-state index contributed by atoms with van der Waals surface area (Å²) in [6.45, 7) is 0.673. The van der Waals surface area contributed by atoms with E-state index in [0.29, 0.717) is 55.1 Å². The molecule has 0 heterocycles. The van der Waals surface area contributed by atoms with Crippen molar-refractivity contribution in [3.63, 3.8) is 0 Å². The van der Waals surface area contributed by atoms with Crippen LogP contribution < -0.4 is 15.4 Å². The first-order valence-corrected chi connectivity index (χ1v) is 13.6. The molecule has 4 rings (SSSR count). The quantitative estimate of drug-likeness (QED) is 0.394. The molecule has 0 atom stereocenters. The Kier molecular flexibility index (Phi) is 9.09. The number of aliphatic carboxylic acids is 1. The van der Waals surface area contributed by atoms with Crippen LogP contribution in [-0.4, -0.2) is 42.1 Å². The first-order chi connectivity index (χ1) is 17.9. The number of hydrogen-bond acceptors (Lipinski definition) is 4. The van der Waals surface area contributed by atoms with Crippen molar-refractivity contribution in [2.75, 3.05) is 13.1 Å². The van der Waals surface area contributed by atoms with Gasteiger partial charge in [-0.05, 0) is 80.5 Å². The van der Waals surface area contributed by atoms with Crippen molar-refractivity contribution < 1.29 is 24.2 Å². The van der Waals surface area contributed by atoms with E-state index in [2.05, 4.69) is 10.6 Å². The van der Waals surface area contributed by atoms with E-state index < -0.39 is 11.4 Å². The molecule has 0 radical (unpaired) electrons. The highest BCUT2D eigenvalue weighted by Crippen LogP contribution is 2.40. The summed E-state index contributed by atoms with van der Waals surface area (Å²) in [7, 11) is 0. The van der Waals surface area contributed by atoms with E-state index >= 15 is 0 Å². The molecule has 37 heavy (non-hydrogen) atoms. The molecular weight excluding hydrogens is 492 g/mol. The van der Waals surface area contributed by atoms with Crippen LogP contribution in [0.5, 0.6) is 5.75 Å². The zero-order valence-corrected chi connectivity index (χ0v) is 21.8. The van der Waals surface area contributed by atoms with Gasteiger partial charge in [0.25, 0.3) is 5.91 Å². The van der Waals surface area contributed by atoms with Gasteiger partial charge in [0.05, 0.1) is 17.4 Å². The number of hydrogen-bond donors (Lipinski definition) is 3. The van der Waals surface area contributed by atoms with Gasteiger partial charge in [0.1, 0.15) is 5.75 Å². The summed E-state index contributed by atoms with van der Waals surface area (Å²) in [5, 5.41) is 15.7. The Morgan fingerprint density at radius 1 is 0.865 bits per heavy atom. The molecule has 198 valence electrons. The maximum absolute atomic E-state index is 13.3. The Morgan fingerprint density at radius 2 is 1.49 bits per heavy atom. The van der Waals surface area contributed by atoms with Crippen molar-refractivity contribution in [3.05, 3.63) is 64.7 Å². The van der Waals surface area contributed by atoms with Gasteiger partial charge in [0, 0.05) is 23.7 Å². The molecule has 0 aromatic heterocycles. The summed E-state index contributed by atoms with van der Waals surface area (Å²) >= 11 is 6.06. The number of carboxylic acids is 1. The first-order valence-electron chi connectivity index (χ1n) is 13.2. The molecule has 7 nitrogen and oxygen atoms in total. The van der Waals surface area contributed by atoms with Gasteiger partial charge in [-0.15, -0.1) is 0 Å². The van der Waals surface area contributed by atoms with Crippen LogP contribution in [0.2, 0.25) is 5.02 Å². The lowest BCUT2D eigenvalue weighted by atomic mass is 9.68. The number of carbonyl (C=O) groups excluding carboxylic acids is 2.